The number of amides is 2. The minimum Gasteiger partial charge on any atom is -0.490 e. The number of carbonyl (C=O) groups excluding carboxylic acids is 2. The van der Waals surface area contributed by atoms with Crippen LogP contribution in [0.1, 0.15) is 36.6 Å². The highest BCUT2D eigenvalue weighted by Crippen LogP contribution is 2.36. The molecule has 11 nitrogen and oxygen atoms in total. The summed E-state index contributed by atoms with van der Waals surface area (Å²) in [4.78, 5) is 24.6. The van der Waals surface area contributed by atoms with Gasteiger partial charge in [-0.05, 0) is 98.8 Å². The molecular weight excluding hydrogens is 771 g/mol. The molecule has 0 fully saturated rings. The van der Waals surface area contributed by atoms with Crippen LogP contribution in [0.5, 0.6) is 17.2 Å². The zero-order chi connectivity index (χ0) is 33.4. The highest BCUT2D eigenvalue weighted by Gasteiger charge is 2.32. The predicted molar refractivity (Wildman–Crippen MR) is 182 cm³/mol. The number of benzene rings is 3. The molecule has 2 amide bonds. The number of ether oxygens (including phenoxy) is 4. The van der Waals surface area contributed by atoms with E-state index in [-0.39, 0.29) is 18.8 Å². The average Bonchev–Trinajstić information content (AvgIpc) is 3.01. The summed E-state index contributed by atoms with van der Waals surface area (Å²) in [6.45, 7) is 3.87. The summed E-state index contributed by atoms with van der Waals surface area (Å²) in [6, 6.07) is 12.7. The van der Waals surface area contributed by atoms with Crippen molar-refractivity contribution in [1.29, 1.82) is 0 Å². The van der Waals surface area contributed by atoms with Crippen molar-refractivity contribution in [1.82, 2.24) is 16.1 Å². The van der Waals surface area contributed by atoms with Gasteiger partial charge in [0.15, 0.2) is 17.7 Å². The maximum atomic E-state index is 12.5. The Hall–Kier alpha value is -3.49. The molecule has 0 bridgehead atoms. The summed E-state index contributed by atoms with van der Waals surface area (Å²) in [5, 5.41) is 20.8. The zero-order valence-corrected chi connectivity index (χ0v) is 29.5. The molecule has 46 heavy (non-hydrogen) atoms. The summed E-state index contributed by atoms with van der Waals surface area (Å²) in [5.74, 6) is 0.727. The average molecular weight is 801 g/mol. The molecular formula is C31H30Br2Cl2N4O7. The van der Waals surface area contributed by atoms with Crippen LogP contribution in [0.3, 0.4) is 0 Å². The third-order valence-electron chi connectivity index (χ3n) is 6.50. The fourth-order valence-corrected chi connectivity index (χ4v) is 6.17. The summed E-state index contributed by atoms with van der Waals surface area (Å²) < 4.78 is 23.8. The fraction of sp³-hybridized carbons (Fsp3) is 0.258. The van der Waals surface area contributed by atoms with Gasteiger partial charge in [-0.3, -0.25) is 5.43 Å². The van der Waals surface area contributed by atoms with E-state index in [9.17, 15) is 14.7 Å². The second-order valence-corrected chi connectivity index (χ2v) is 12.3. The van der Waals surface area contributed by atoms with Gasteiger partial charge < -0.3 is 34.7 Å². The number of rotatable bonds is 13. The molecule has 0 unspecified atom stereocenters. The molecule has 0 radical (unpaired) electrons. The number of aliphatic hydroxyl groups is 1. The van der Waals surface area contributed by atoms with Crippen molar-refractivity contribution in [3.63, 3.8) is 0 Å². The molecule has 0 saturated heterocycles. The largest absolute Gasteiger partial charge is 0.490 e. The van der Waals surface area contributed by atoms with Crippen LogP contribution in [0.15, 0.2) is 73.8 Å². The molecule has 0 aromatic heterocycles. The van der Waals surface area contributed by atoms with Crippen molar-refractivity contribution in [2.45, 2.75) is 32.7 Å². The SMILES string of the molecule is CCOc1cc([C@@H]2NC(=O)NC(C)=C2C(=O)OC)ccc1OC[C@H](O)N/N=C\c1cc(Br)c(OCc2ccc(Cl)c(Cl)c2)c(Br)c1. The number of aliphatic hydroxyl groups excluding tert-OH is 1. The van der Waals surface area contributed by atoms with Gasteiger partial charge in [0, 0.05) is 5.70 Å². The van der Waals surface area contributed by atoms with Crippen LogP contribution >= 0.6 is 55.1 Å². The molecule has 4 rings (SSSR count). The maximum absolute atomic E-state index is 12.5. The number of halogens is 4. The maximum Gasteiger partial charge on any atom is 0.337 e. The molecule has 0 aliphatic carbocycles. The standard InChI is InChI=1S/C31H30Br2Cl2N4O7/c1-4-44-25-12-19(28-27(30(41)43-3)16(2)37-31(42)38-28)6-8-24(25)45-15-26(40)39-36-13-18-9-20(32)29(21(33)10-18)46-14-17-5-7-22(34)23(35)11-17/h5-13,26,28,39-40H,4,14-15H2,1-3H3,(H2,37,38,42)/b36-13-/t26-,28-/m0/s1. The van der Waals surface area contributed by atoms with Gasteiger partial charge in [0.25, 0.3) is 0 Å². The molecule has 15 heteroatoms. The molecule has 0 spiro atoms. The Morgan fingerprint density at radius 1 is 1.07 bits per heavy atom. The molecule has 0 saturated carbocycles. The monoisotopic (exact) mass is 798 g/mol. The van der Waals surface area contributed by atoms with E-state index in [0.29, 0.717) is 54.1 Å². The number of hydrogen-bond acceptors (Lipinski definition) is 9. The molecule has 3 aromatic carbocycles. The van der Waals surface area contributed by atoms with Gasteiger partial charge in [0.2, 0.25) is 0 Å². The lowest BCUT2D eigenvalue weighted by atomic mass is 9.95. The highest BCUT2D eigenvalue weighted by molar-refractivity contribution is 9.11. The Morgan fingerprint density at radius 3 is 2.48 bits per heavy atom. The Kier molecular flexibility index (Phi) is 12.6. The minimum absolute atomic E-state index is 0.165. The highest BCUT2D eigenvalue weighted by atomic mass is 79.9. The summed E-state index contributed by atoms with van der Waals surface area (Å²) in [6.07, 6.45) is 0.371. The molecule has 1 aliphatic rings. The number of hydrogen-bond donors (Lipinski definition) is 4. The van der Waals surface area contributed by atoms with Crippen molar-refractivity contribution in [2.24, 2.45) is 5.10 Å². The van der Waals surface area contributed by atoms with E-state index >= 15 is 0 Å². The van der Waals surface area contributed by atoms with Crippen LogP contribution in [0.25, 0.3) is 0 Å². The van der Waals surface area contributed by atoms with Crippen molar-refractivity contribution >= 4 is 73.3 Å². The molecule has 3 aromatic rings. The van der Waals surface area contributed by atoms with Crippen LogP contribution in [0.4, 0.5) is 4.79 Å². The quantitative estimate of drug-likeness (QED) is 0.0656. The first kappa shape index (κ1) is 35.4. The Balaban J connectivity index is 1.37. The third kappa shape index (κ3) is 9.07. The molecule has 4 N–H and O–H groups in total. The van der Waals surface area contributed by atoms with Crippen LogP contribution < -0.4 is 30.3 Å². The number of carbonyl (C=O) groups is 2. The van der Waals surface area contributed by atoms with Crippen molar-refractivity contribution in [2.75, 3.05) is 20.3 Å². The van der Waals surface area contributed by atoms with E-state index in [1.807, 2.05) is 25.1 Å². The van der Waals surface area contributed by atoms with Crippen molar-refractivity contribution in [3.05, 3.63) is 95.5 Å². The normalized spacial score (nSPS) is 15.2. The van der Waals surface area contributed by atoms with Crippen LogP contribution in [0, 0.1) is 0 Å². The number of urea groups is 1. The van der Waals surface area contributed by atoms with Crippen LogP contribution in [0.2, 0.25) is 10.0 Å². The van der Waals surface area contributed by atoms with E-state index in [4.69, 9.17) is 42.1 Å². The lowest BCUT2D eigenvalue weighted by molar-refractivity contribution is -0.136. The number of allylic oxidation sites excluding steroid dienone is 1. The van der Waals surface area contributed by atoms with Crippen LogP contribution in [-0.4, -0.2) is 49.9 Å². The minimum atomic E-state index is -1.16. The Morgan fingerprint density at radius 2 is 1.80 bits per heavy atom. The van der Waals surface area contributed by atoms with E-state index in [2.05, 4.69) is 53.0 Å². The van der Waals surface area contributed by atoms with Gasteiger partial charge in [-0.15, -0.1) is 0 Å². The molecule has 1 heterocycles. The predicted octanol–water partition coefficient (Wildman–Crippen LogP) is 6.62. The fourth-order valence-electron chi connectivity index (χ4n) is 4.40. The van der Waals surface area contributed by atoms with Gasteiger partial charge >= 0.3 is 12.0 Å². The summed E-state index contributed by atoms with van der Waals surface area (Å²) in [5.41, 5.74) is 5.43. The summed E-state index contributed by atoms with van der Waals surface area (Å²) in [7, 11) is 1.27. The lowest BCUT2D eigenvalue weighted by Gasteiger charge is -2.28. The van der Waals surface area contributed by atoms with E-state index < -0.39 is 24.3 Å². The first-order valence-electron chi connectivity index (χ1n) is 13.8. The van der Waals surface area contributed by atoms with Gasteiger partial charge in [-0.25, -0.2) is 9.59 Å². The number of methoxy groups -OCH3 is 1. The third-order valence-corrected chi connectivity index (χ3v) is 8.41. The van der Waals surface area contributed by atoms with Crippen molar-refractivity contribution < 1.29 is 33.6 Å². The van der Waals surface area contributed by atoms with Gasteiger partial charge in [0.05, 0.1) is 50.5 Å². The second-order valence-electron chi connectivity index (χ2n) is 9.77. The van der Waals surface area contributed by atoms with Crippen molar-refractivity contribution in [3.8, 4) is 17.2 Å². The van der Waals surface area contributed by atoms with Crippen LogP contribution in [-0.2, 0) is 16.1 Å². The first-order chi connectivity index (χ1) is 22.0. The number of esters is 1. The molecule has 244 valence electrons. The van der Waals surface area contributed by atoms with E-state index in [1.54, 1.807) is 37.3 Å². The Bertz CT molecular complexity index is 1650. The second kappa shape index (κ2) is 16.4. The van der Waals surface area contributed by atoms with Gasteiger partial charge in [-0.1, -0.05) is 35.3 Å². The first-order valence-corrected chi connectivity index (χ1v) is 16.1. The number of hydrazone groups is 1. The van der Waals surface area contributed by atoms with Gasteiger partial charge in [0.1, 0.15) is 19.0 Å². The molecule has 1 aliphatic heterocycles. The number of nitrogens with one attached hydrogen (secondary N) is 3. The Labute approximate surface area is 292 Å². The number of nitrogens with zero attached hydrogens (tertiary/aromatic N) is 1. The van der Waals surface area contributed by atoms with Gasteiger partial charge in [-0.2, -0.15) is 5.10 Å². The smallest absolute Gasteiger partial charge is 0.337 e. The zero-order valence-electron chi connectivity index (χ0n) is 24.8. The van der Waals surface area contributed by atoms with E-state index in [1.165, 1.54) is 13.3 Å². The van der Waals surface area contributed by atoms with E-state index in [0.717, 1.165) is 11.1 Å². The molecule has 2 atom stereocenters. The summed E-state index contributed by atoms with van der Waals surface area (Å²) >= 11 is 19.1. The lowest BCUT2D eigenvalue weighted by Crippen LogP contribution is -2.45. The topological polar surface area (TPSA) is 140 Å².